The average Bonchev–Trinajstić information content (AvgIpc) is 3.06. The zero-order chi connectivity index (χ0) is 20.8. The van der Waals surface area contributed by atoms with Crippen LogP contribution in [0.15, 0.2) is 53.7 Å². The molecule has 0 fully saturated rings. The first kappa shape index (κ1) is 20.8. The first-order chi connectivity index (χ1) is 13.9. The maximum absolute atomic E-state index is 12.5. The summed E-state index contributed by atoms with van der Waals surface area (Å²) in [6.45, 7) is 1.02. The molecule has 0 atom stereocenters. The van der Waals surface area contributed by atoms with Crippen molar-refractivity contribution in [2.24, 2.45) is 0 Å². The molecule has 1 heterocycles. The van der Waals surface area contributed by atoms with Crippen LogP contribution in [0.1, 0.15) is 17.0 Å². The van der Waals surface area contributed by atoms with E-state index in [4.69, 9.17) is 0 Å². The Hall–Kier alpha value is -2.94. The number of aryl methyl sites for hydroxylation is 2. The Morgan fingerprint density at radius 1 is 1.14 bits per heavy atom. The molecular weight excluding hydrogens is 398 g/mol. The van der Waals surface area contributed by atoms with Gasteiger partial charge in [0.15, 0.2) is 5.16 Å². The van der Waals surface area contributed by atoms with Crippen molar-refractivity contribution >= 4 is 17.7 Å². The van der Waals surface area contributed by atoms with Crippen molar-refractivity contribution in [2.75, 3.05) is 5.75 Å². The van der Waals surface area contributed by atoms with E-state index in [0.717, 1.165) is 17.1 Å². The molecule has 0 saturated carbocycles. The van der Waals surface area contributed by atoms with Crippen molar-refractivity contribution in [3.63, 3.8) is 0 Å². The number of hydrogen-bond acceptors (Lipinski definition) is 5. The normalized spacial score (nSPS) is 10.9. The van der Waals surface area contributed by atoms with Gasteiger partial charge >= 0.3 is 6.61 Å². The van der Waals surface area contributed by atoms with Gasteiger partial charge in [-0.05, 0) is 32.0 Å². The highest BCUT2D eigenvalue weighted by Gasteiger charge is 2.14. The molecule has 0 spiro atoms. The number of rotatable bonds is 8. The van der Waals surface area contributed by atoms with Crippen molar-refractivity contribution in [3.8, 4) is 11.4 Å². The molecule has 0 aliphatic rings. The second-order valence-corrected chi connectivity index (χ2v) is 7.19. The first-order valence-electron chi connectivity index (χ1n) is 8.85. The molecule has 29 heavy (non-hydrogen) atoms. The summed E-state index contributed by atoms with van der Waals surface area (Å²) >= 11 is 1.25. The molecule has 0 bridgehead atoms. The fourth-order valence-electron chi connectivity index (χ4n) is 2.66. The molecule has 0 unspecified atom stereocenters. The second kappa shape index (κ2) is 9.51. The number of hydrogen-bond donors (Lipinski definition) is 1. The smallest absolute Gasteiger partial charge is 0.387 e. The Balaban J connectivity index is 1.60. The number of halogens is 2. The molecule has 1 N–H and O–H groups in total. The van der Waals surface area contributed by atoms with E-state index in [1.165, 1.54) is 17.8 Å². The monoisotopic (exact) mass is 418 g/mol. The third-order valence-corrected chi connectivity index (χ3v) is 5.01. The van der Waals surface area contributed by atoms with E-state index in [1.54, 1.807) is 18.2 Å². The Kier molecular flexibility index (Phi) is 6.82. The van der Waals surface area contributed by atoms with Crippen LogP contribution in [0.3, 0.4) is 0 Å². The largest absolute Gasteiger partial charge is 0.434 e. The van der Waals surface area contributed by atoms with Crippen LogP contribution in [0.2, 0.25) is 0 Å². The van der Waals surface area contributed by atoms with Crippen LogP contribution in [0, 0.1) is 13.8 Å². The van der Waals surface area contributed by atoms with Crippen LogP contribution in [-0.4, -0.2) is 33.0 Å². The van der Waals surface area contributed by atoms with Crippen LogP contribution < -0.4 is 10.1 Å². The number of benzene rings is 2. The number of nitrogens with zero attached hydrogens (tertiary/aromatic N) is 3. The maximum atomic E-state index is 12.5. The van der Waals surface area contributed by atoms with Crippen molar-refractivity contribution < 1.29 is 18.3 Å². The van der Waals surface area contributed by atoms with Gasteiger partial charge in [0.25, 0.3) is 0 Å². The third kappa shape index (κ3) is 5.54. The van der Waals surface area contributed by atoms with E-state index >= 15 is 0 Å². The van der Waals surface area contributed by atoms with E-state index < -0.39 is 6.61 Å². The van der Waals surface area contributed by atoms with Gasteiger partial charge in [-0.15, -0.1) is 10.2 Å². The van der Waals surface area contributed by atoms with Gasteiger partial charge in [0.1, 0.15) is 11.6 Å². The molecule has 3 rings (SSSR count). The number of ether oxygens (including phenoxy) is 1. The van der Waals surface area contributed by atoms with E-state index in [2.05, 4.69) is 20.3 Å². The Morgan fingerprint density at radius 2 is 1.86 bits per heavy atom. The summed E-state index contributed by atoms with van der Waals surface area (Å²) in [5.74, 6) is 0.625. The lowest BCUT2D eigenvalue weighted by Gasteiger charge is -2.11. The fourth-order valence-corrected chi connectivity index (χ4v) is 3.49. The summed E-state index contributed by atoms with van der Waals surface area (Å²) in [6, 6.07) is 14.3. The molecule has 2 aromatic carbocycles. The average molecular weight is 418 g/mol. The Labute approximate surface area is 171 Å². The molecule has 0 aliphatic carbocycles. The minimum atomic E-state index is -2.92. The number of amides is 1. The highest BCUT2D eigenvalue weighted by atomic mass is 32.2. The van der Waals surface area contributed by atoms with E-state index in [-0.39, 0.29) is 24.0 Å². The number of aromatic nitrogens is 3. The van der Waals surface area contributed by atoms with Gasteiger partial charge in [-0.3, -0.25) is 9.36 Å². The fraction of sp³-hybridized carbons (Fsp3) is 0.250. The van der Waals surface area contributed by atoms with Crippen molar-refractivity contribution in [2.45, 2.75) is 32.2 Å². The Bertz CT molecular complexity index is 977. The standard InChI is InChI=1S/C20H20F2N4O2S/c1-13-7-9-16(10-8-13)26-14(2)24-25-20(26)29-12-18(27)23-11-15-5-3-4-6-17(15)28-19(21)22/h3-10,19H,11-12H2,1-2H3,(H,23,27). The molecule has 1 amide bonds. The lowest BCUT2D eigenvalue weighted by atomic mass is 10.2. The predicted molar refractivity (Wildman–Crippen MR) is 106 cm³/mol. The minimum Gasteiger partial charge on any atom is -0.434 e. The number of para-hydroxylation sites is 1. The SMILES string of the molecule is Cc1ccc(-n2c(C)nnc2SCC(=O)NCc2ccccc2OC(F)F)cc1. The molecule has 0 saturated heterocycles. The van der Waals surface area contributed by atoms with Crippen molar-refractivity contribution in [1.82, 2.24) is 20.1 Å². The van der Waals surface area contributed by atoms with Crippen LogP contribution in [-0.2, 0) is 11.3 Å². The number of alkyl halides is 2. The zero-order valence-corrected chi connectivity index (χ0v) is 16.7. The van der Waals surface area contributed by atoms with Crippen LogP contribution in [0.5, 0.6) is 5.75 Å². The minimum absolute atomic E-state index is 0.0465. The molecule has 3 aromatic rings. The maximum Gasteiger partial charge on any atom is 0.387 e. The zero-order valence-electron chi connectivity index (χ0n) is 15.9. The van der Waals surface area contributed by atoms with Gasteiger partial charge < -0.3 is 10.1 Å². The molecule has 1 aromatic heterocycles. The van der Waals surface area contributed by atoms with Crippen LogP contribution >= 0.6 is 11.8 Å². The number of carbonyl (C=O) groups excluding carboxylic acids is 1. The summed E-state index contributed by atoms with van der Waals surface area (Å²) in [7, 11) is 0. The highest BCUT2D eigenvalue weighted by molar-refractivity contribution is 7.99. The highest BCUT2D eigenvalue weighted by Crippen LogP contribution is 2.23. The third-order valence-electron chi connectivity index (χ3n) is 4.08. The summed E-state index contributed by atoms with van der Waals surface area (Å²) in [6.07, 6.45) is 0. The predicted octanol–water partition coefficient (Wildman–Crippen LogP) is 3.89. The molecule has 152 valence electrons. The lowest BCUT2D eigenvalue weighted by molar-refractivity contribution is -0.118. The second-order valence-electron chi connectivity index (χ2n) is 6.25. The van der Waals surface area contributed by atoms with Gasteiger partial charge in [-0.1, -0.05) is 47.7 Å². The summed E-state index contributed by atoms with van der Waals surface area (Å²) in [5, 5.41) is 11.6. The Morgan fingerprint density at radius 3 is 2.59 bits per heavy atom. The summed E-state index contributed by atoms with van der Waals surface area (Å²) in [4.78, 5) is 12.2. The van der Waals surface area contributed by atoms with Crippen LogP contribution in [0.4, 0.5) is 8.78 Å². The summed E-state index contributed by atoms with van der Waals surface area (Å²) in [5.41, 5.74) is 2.54. The van der Waals surface area contributed by atoms with Gasteiger partial charge in [0.2, 0.25) is 5.91 Å². The van der Waals surface area contributed by atoms with Gasteiger partial charge in [-0.25, -0.2) is 0 Å². The first-order valence-corrected chi connectivity index (χ1v) is 9.84. The van der Waals surface area contributed by atoms with Crippen molar-refractivity contribution in [1.29, 1.82) is 0 Å². The van der Waals surface area contributed by atoms with E-state index in [9.17, 15) is 13.6 Å². The molecule has 0 aliphatic heterocycles. The lowest BCUT2D eigenvalue weighted by Crippen LogP contribution is -2.25. The molecular formula is C20H20F2N4O2S. The van der Waals surface area contributed by atoms with E-state index in [1.807, 2.05) is 42.7 Å². The molecule has 6 nitrogen and oxygen atoms in total. The topological polar surface area (TPSA) is 69.0 Å². The molecule has 0 radical (unpaired) electrons. The van der Waals surface area contributed by atoms with Gasteiger partial charge in [0, 0.05) is 17.8 Å². The van der Waals surface area contributed by atoms with E-state index in [0.29, 0.717) is 10.7 Å². The number of thioether (sulfide) groups is 1. The quantitative estimate of drug-likeness (QED) is 0.562. The summed E-state index contributed by atoms with van der Waals surface area (Å²) < 4.78 is 31.3. The van der Waals surface area contributed by atoms with Gasteiger partial charge in [0.05, 0.1) is 5.75 Å². The van der Waals surface area contributed by atoms with Crippen molar-refractivity contribution in [3.05, 3.63) is 65.5 Å². The van der Waals surface area contributed by atoms with Gasteiger partial charge in [-0.2, -0.15) is 8.78 Å². The molecule has 9 heteroatoms. The number of carbonyl (C=O) groups is 1. The number of nitrogens with one attached hydrogen (secondary N) is 1. The van der Waals surface area contributed by atoms with Crippen LogP contribution in [0.25, 0.3) is 5.69 Å².